The van der Waals surface area contributed by atoms with Crippen molar-refractivity contribution in [2.24, 2.45) is 0 Å². The lowest BCUT2D eigenvalue weighted by Gasteiger charge is -2.06. The van der Waals surface area contributed by atoms with Gasteiger partial charge in [0.1, 0.15) is 5.75 Å². The van der Waals surface area contributed by atoms with Gasteiger partial charge in [0, 0.05) is 0 Å². The first kappa shape index (κ1) is 13.9. The third-order valence-electron chi connectivity index (χ3n) is 1.41. The van der Waals surface area contributed by atoms with E-state index in [1.54, 1.807) is 26.0 Å². The monoisotopic (exact) mass is 214 g/mol. The van der Waals surface area contributed by atoms with E-state index in [-0.39, 0.29) is 0 Å². The highest BCUT2D eigenvalue weighted by Crippen LogP contribution is 2.09. The third-order valence-corrected chi connectivity index (χ3v) is 1.41. The van der Waals surface area contributed by atoms with Crippen molar-refractivity contribution in [3.05, 3.63) is 30.3 Å². The van der Waals surface area contributed by atoms with Gasteiger partial charge in [-0.15, -0.1) is 0 Å². The number of hydrogen-bond donors (Lipinski definition) is 3. The van der Waals surface area contributed by atoms with Gasteiger partial charge < -0.3 is 20.1 Å². The number of hydrogen-bond acceptors (Lipinski definition) is 4. The van der Waals surface area contributed by atoms with Crippen molar-refractivity contribution >= 4 is 0 Å². The van der Waals surface area contributed by atoms with Crippen LogP contribution >= 0.6 is 0 Å². The minimum Gasteiger partial charge on any atom is -0.465 e. The summed E-state index contributed by atoms with van der Waals surface area (Å²) in [4.78, 5) is 0. The van der Waals surface area contributed by atoms with Crippen LogP contribution in [0.3, 0.4) is 0 Å². The summed E-state index contributed by atoms with van der Waals surface area (Å²) >= 11 is 0. The lowest BCUT2D eigenvalue weighted by Crippen LogP contribution is -2.08. The van der Waals surface area contributed by atoms with Gasteiger partial charge in [-0.1, -0.05) is 25.1 Å². The van der Waals surface area contributed by atoms with E-state index in [1.807, 2.05) is 18.2 Å². The van der Waals surface area contributed by atoms with E-state index in [0.29, 0.717) is 12.2 Å². The van der Waals surface area contributed by atoms with Crippen molar-refractivity contribution in [2.75, 3.05) is 0 Å². The second-order valence-electron chi connectivity index (χ2n) is 2.92. The Labute approximate surface area is 89.8 Å². The van der Waals surface area contributed by atoms with E-state index in [0.717, 1.165) is 0 Å². The van der Waals surface area contributed by atoms with E-state index in [1.165, 1.54) is 0 Å². The molecule has 1 rings (SSSR count). The molecule has 0 heterocycles. The Balaban J connectivity index is 0.000000336. The molecule has 0 aliphatic carbocycles. The standard InChI is InChI=1S/C8H10O2.C3H8O2/c1-7(9)10-8-5-3-2-4-6-8;1-2-3(4)5/h2-7,9H,1H3;3-5H,2H2,1H3. The Bertz CT molecular complexity index is 234. The van der Waals surface area contributed by atoms with Crippen molar-refractivity contribution in [1.29, 1.82) is 0 Å². The van der Waals surface area contributed by atoms with Gasteiger partial charge in [0.25, 0.3) is 0 Å². The van der Waals surface area contributed by atoms with Crippen LogP contribution in [0.25, 0.3) is 0 Å². The molecule has 1 unspecified atom stereocenters. The molecule has 1 aromatic carbocycles. The first-order chi connectivity index (χ1) is 7.06. The number of rotatable bonds is 3. The maximum Gasteiger partial charge on any atom is 0.194 e. The summed E-state index contributed by atoms with van der Waals surface area (Å²) in [6.45, 7) is 3.28. The van der Waals surface area contributed by atoms with Crippen LogP contribution in [0.4, 0.5) is 0 Å². The molecular weight excluding hydrogens is 196 g/mol. The molecule has 0 saturated heterocycles. The molecular formula is C11H18O4. The molecule has 4 nitrogen and oxygen atoms in total. The highest BCUT2D eigenvalue weighted by molar-refractivity contribution is 5.20. The molecule has 4 heteroatoms. The van der Waals surface area contributed by atoms with Gasteiger partial charge in [0.05, 0.1) is 0 Å². The SMILES string of the molecule is CC(O)Oc1ccccc1.CCC(O)O. The molecule has 86 valence electrons. The quantitative estimate of drug-likeness (QED) is 0.659. The lowest BCUT2D eigenvalue weighted by molar-refractivity contribution is -0.0413. The lowest BCUT2D eigenvalue weighted by atomic mass is 10.3. The van der Waals surface area contributed by atoms with Gasteiger partial charge in [0.15, 0.2) is 12.6 Å². The average molecular weight is 214 g/mol. The highest BCUT2D eigenvalue weighted by Gasteiger charge is 1.94. The van der Waals surface area contributed by atoms with Gasteiger partial charge in [-0.05, 0) is 25.5 Å². The second-order valence-corrected chi connectivity index (χ2v) is 2.92. The van der Waals surface area contributed by atoms with Crippen LogP contribution in [-0.2, 0) is 0 Å². The Morgan fingerprint density at radius 1 is 1.13 bits per heavy atom. The van der Waals surface area contributed by atoms with Crippen LogP contribution < -0.4 is 4.74 Å². The van der Waals surface area contributed by atoms with Gasteiger partial charge >= 0.3 is 0 Å². The molecule has 0 aliphatic rings. The van der Waals surface area contributed by atoms with E-state index in [2.05, 4.69) is 0 Å². The minimum atomic E-state index is -1.12. The van der Waals surface area contributed by atoms with Crippen LogP contribution in [0.2, 0.25) is 0 Å². The fraction of sp³-hybridized carbons (Fsp3) is 0.455. The number of benzene rings is 1. The van der Waals surface area contributed by atoms with Crippen molar-refractivity contribution in [2.45, 2.75) is 32.8 Å². The summed E-state index contributed by atoms with van der Waals surface area (Å²) in [7, 11) is 0. The smallest absolute Gasteiger partial charge is 0.194 e. The molecule has 0 spiro atoms. The minimum absolute atomic E-state index is 0.417. The van der Waals surface area contributed by atoms with Crippen molar-refractivity contribution < 1.29 is 20.1 Å². The first-order valence-electron chi connectivity index (χ1n) is 4.82. The van der Waals surface area contributed by atoms with E-state index in [4.69, 9.17) is 20.1 Å². The summed E-state index contributed by atoms with van der Waals surface area (Å²) in [6.07, 6.45) is -1.43. The van der Waals surface area contributed by atoms with Crippen molar-refractivity contribution in [1.82, 2.24) is 0 Å². The molecule has 3 N–H and O–H groups in total. The predicted octanol–water partition coefficient (Wildman–Crippen LogP) is 1.11. The summed E-state index contributed by atoms with van der Waals surface area (Å²) in [6, 6.07) is 9.21. The molecule has 0 bridgehead atoms. The molecule has 0 radical (unpaired) electrons. The van der Waals surface area contributed by atoms with Crippen LogP contribution in [0.1, 0.15) is 20.3 Å². The summed E-state index contributed by atoms with van der Waals surface area (Å²) in [5.74, 6) is 0.692. The summed E-state index contributed by atoms with van der Waals surface area (Å²) < 4.78 is 4.97. The van der Waals surface area contributed by atoms with Crippen molar-refractivity contribution in [3.63, 3.8) is 0 Å². The fourth-order valence-corrected chi connectivity index (χ4v) is 0.696. The summed E-state index contributed by atoms with van der Waals surface area (Å²) in [5, 5.41) is 24.6. The Morgan fingerprint density at radius 2 is 1.60 bits per heavy atom. The van der Waals surface area contributed by atoms with Crippen molar-refractivity contribution in [3.8, 4) is 5.75 Å². The van der Waals surface area contributed by atoms with Crippen LogP contribution in [0.15, 0.2) is 30.3 Å². The molecule has 0 aromatic heterocycles. The van der Waals surface area contributed by atoms with Crippen LogP contribution in [0.5, 0.6) is 5.75 Å². The van der Waals surface area contributed by atoms with Crippen LogP contribution in [0, 0.1) is 0 Å². The maximum atomic E-state index is 8.78. The molecule has 15 heavy (non-hydrogen) atoms. The Kier molecular flexibility index (Phi) is 7.62. The predicted molar refractivity (Wildman–Crippen MR) is 57.3 cm³/mol. The number of aliphatic hydroxyl groups is 3. The zero-order valence-electron chi connectivity index (χ0n) is 9.00. The Hall–Kier alpha value is -1.10. The normalized spacial score (nSPS) is 11.6. The Morgan fingerprint density at radius 3 is 1.93 bits per heavy atom. The zero-order valence-corrected chi connectivity index (χ0v) is 9.00. The maximum absolute atomic E-state index is 8.78. The summed E-state index contributed by atoms with van der Waals surface area (Å²) in [5.41, 5.74) is 0. The first-order valence-corrected chi connectivity index (χ1v) is 4.82. The molecule has 0 aliphatic heterocycles. The molecule has 0 amide bonds. The zero-order chi connectivity index (χ0) is 11.7. The number of aliphatic hydroxyl groups excluding tert-OH is 2. The van der Waals surface area contributed by atoms with Gasteiger partial charge in [-0.3, -0.25) is 0 Å². The molecule has 0 fully saturated rings. The van der Waals surface area contributed by atoms with Gasteiger partial charge in [-0.25, -0.2) is 0 Å². The van der Waals surface area contributed by atoms with Crippen LogP contribution in [-0.4, -0.2) is 27.9 Å². The second kappa shape index (κ2) is 8.23. The highest BCUT2D eigenvalue weighted by atomic mass is 16.6. The van der Waals surface area contributed by atoms with E-state index >= 15 is 0 Å². The van der Waals surface area contributed by atoms with Gasteiger partial charge in [0.2, 0.25) is 0 Å². The van der Waals surface area contributed by atoms with E-state index < -0.39 is 12.6 Å². The third kappa shape index (κ3) is 9.21. The largest absolute Gasteiger partial charge is 0.465 e. The van der Waals surface area contributed by atoms with Gasteiger partial charge in [-0.2, -0.15) is 0 Å². The number of ether oxygens (including phenoxy) is 1. The molecule has 1 aromatic rings. The fourth-order valence-electron chi connectivity index (χ4n) is 0.696. The topological polar surface area (TPSA) is 69.9 Å². The molecule has 0 saturated carbocycles. The average Bonchev–Trinajstić information content (AvgIpc) is 2.19. The van der Waals surface area contributed by atoms with E-state index in [9.17, 15) is 0 Å². The number of para-hydroxylation sites is 1. The molecule has 1 atom stereocenters.